The molecule has 3 nitrogen and oxygen atoms in total. The van der Waals surface area contributed by atoms with E-state index < -0.39 is 0 Å². The molecule has 1 aromatic carbocycles. The average Bonchev–Trinajstić information content (AvgIpc) is 2.63. The van der Waals surface area contributed by atoms with Gasteiger partial charge in [0.15, 0.2) is 0 Å². The molecule has 0 spiro atoms. The minimum atomic E-state index is 0.290. The lowest BCUT2D eigenvalue weighted by Crippen LogP contribution is -2.57. The van der Waals surface area contributed by atoms with Gasteiger partial charge >= 0.3 is 0 Å². The molecule has 4 heterocycles. The maximum atomic E-state index is 5.41. The van der Waals surface area contributed by atoms with Crippen LogP contribution in [0, 0.1) is 11.3 Å². The quantitative estimate of drug-likeness (QED) is 0.793. The van der Waals surface area contributed by atoms with E-state index in [4.69, 9.17) is 4.74 Å². The summed E-state index contributed by atoms with van der Waals surface area (Å²) in [7, 11) is 1.72. The number of hydrogen-bond acceptors (Lipinski definition) is 3. The number of aromatic nitrogens is 1. The number of pyridine rings is 1. The Balaban J connectivity index is 1.63. The first kappa shape index (κ1) is 15.6. The normalized spacial score (nSPS) is 32.0. The van der Waals surface area contributed by atoms with Crippen molar-refractivity contribution in [3.05, 3.63) is 48.7 Å². The van der Waals surface area contributed by atoms with Crippen LogP contribution in [0.5, 0.6) is 5.75 Å². The van der Waals surface area contributed by atoms with Crippen molar-refractivity contribution in [2.75, 3.05) is 20.2 Å². The molecule has 3 fully saturated rings. The topological polar surface area (TPSA) is 25.4 Å². The van der Waals surface area contributed by atoms with E-state index in [1.165, 1.54) is 30.3 Å². The van der Waals surface area contributed by atoms with Crippen LogP contribution < -0.4 is 4.74 Å². The van der Waals surface area contributed by atoms with E-state index in [9.17, 15) is 0 Å². The highest BCUT2D eigenvalue weighted by atomic mass is 16.5. The van der Waals surface area contributed by atoms with E-state index in [0.29, 0.717) is 6.04 Å². The fourth-order valence-electron chi connectivity index (χ4n) is 4.66. The van der Waals surface area contributed by atoms with E-state index in [1.807, 2.05) is 12.3 Å². The van der Waals surface area contributed by atoms with Crippen molar-refractivity contribution in [2.45, 2.75) is 32.2 Å². The van der Waals surface area contributed by atoms with Crippen LogP contribution in [0.25, 0.3) is 10.9 Å². The summed E-state index contributed by atoms with van der Waals surface area (Å²) in [5.41, 5.74) is 2.73. The number of rotatable bonds is 4. The molecular formula is C21H26N2O. The lowest BCUT2D eigenvalue weighted by Gasteiger charge is -2.54. The van der Waals surface area contributed by atoms with Crippen LogP contribution in [0.4, 0.5) is 0 Å². The Kier molecular flexibility index (Phi) is 3.84. The molecule has 3 heteroatoms. The molecule has 2 aromatic rings. The number of piperidine rings is 3. The number of fused-ring (bicyclic) bond motifs is 4. The van der Waals surface area contributed by atoms with Crippen LogP contribution in [-0.2, 0) is 6.42 Å². The van der Waals surface area contributed by atoms with Crippen molar-refractivity contribution < 1.29 is 4.74 Å². The highest BCUT2D eigenvalue weighted by Gasteiger charge is 2.45. The fraction of sp³-hybridized carbons (Fsp3) is 0.476. The number of hydrogen-bond donors (Lipinski definition) is 0. The predicted octanol–water partition coefficient (Wildman–Crippen LogP) is 4.07. The minimum absolute atomic E-state index is 0.290. The zero-order valence-corrected chi connectivity index (χ0v) is 14.7. The van der Waals surface area contributed by atoms with Crippen LogP contribution in [0.2, 0.25) is 0 Å². The second kappa shape index (κ2) is 5.89. The van der Waals surface area contributed by atoms with Crippen molar-refractivity contribution in [3.8, 4) is 5.75 Å². The van der Waals surface area contributed by atoms with Crippen LogP contribution >= 0.6 is 0 Å². The van der Waals surface area contributed by atoms with Gasteiger partial charge in [0.05, 0.1) is 12.6 Å². The molecule has 0 aliphatic carbocycles. The summed E-state index contributed by atoms with van der Waals surface area (Å²) >= 11 is 0. The van der Waals surface area contributed by atoms with Gasteiger partial charge in [0, 0.05) is 29.6 Å². The Morgan fingerprint density at radius 3 is 3.00 bits per heavy atom. The van der Waals surface area contributed by atoms with Gasteiger partial charge in [-0.2, -0.15) is 0 Å². The maximum Gasteiger partial charge on any atom is 0.119 e. The highest BCUT2D eigenvalue weighted by molar-refractivity contribution is 5.83. The molecule has 0 saturated carbocycles. The molecule has 3 aliphatic heterocycles. The zero-order valence-electron chi connectivity index (χ0n) is 14.7. The minimum Gasteiger partial charge on any atom is -0.497 e. The molecule has 0 N–H and O–H groups in total. The first-order valence-electron chi connectivity index (χ1n) is 8.92. The molecule has 5 rings (SSSR count). The molecule has 0 amide bonds. The molecule has 3 aliphatic rings. The third-order valence-electron chi connectivity index (χ3n) is 6.28. The van der Waals surface area contributed by atoms with Gasteiger partial charge in [0.1, 0.15) is 5.75 Å². The van der Waals surface area contributed by atoms with Gasteiger partial charge in [-0.25, -0.2) is 0 Å². The van der Waals surface area contributed by atoms with E-state index in [-0.39, 0.29) is 5.41 Å². The predicted molar refractivity (Wildman–Crippen MR) is 98.4 cm³/mol. The molecule has 126 valence electrons. The van der Waals surface area contributed by atoms with Crippen molar-refractivity contribution in [1.82, 2.24) is 9.88 Å². The van der Waals surface area contributed by atoms with E-state index >= 15 is 0 Å². The lowest BCUT2D eigenvalue weighted by atomic mass is 9.65. The Morgan fingerprint density at radius 1 is 1.42 bits per heavy atom. The average molecular weight is 322 g/mol. The molecule has 2 bridgehead atoms. The molecular weight excluding hydrogens is 296 g/mol. The summed E-state index contributed by atoms with van der Waals surface area (Å²) in [5.74, 6) is 1.68. The van der Waals surface area contributed by atoms with Crippen LogP contribution in [-0.4, -0.2) is 36.1 Å². The Bertz CT molecular complexity index is 772. The largest absolute Gasteiger partial charge is 0.497 e. The van der Waals surface area contributed by atoms with Gasteiger partial charge in [0.2, 0.25) is 0 Å². The maximum absolute atomic E-state index is 5.41. The van der Waals surface area contributed by atoms with Gasteiger partial charge in [-0.05, 0) is 61.6 Å². The first-order chi connectivity index (χ1) is 11.6. The summed E-state index contributed by atoms with van der Waals surface area (Å²) in [6.07, 6.45) is 7.80. The summed E-state index contributed by atoms with van der Waals surface area (Å²) in [6, 6.07) is 8.98. The summed E-state index contributed by atoms with van der Waals surface area (Å²) < 4.78 is 5.41. The smallest absolute Gasteiger partial charge is 0.119 e. The number of methoxy groups -OCH3 is 1. The van der Waals surface area contributed by atoms with Crippen molar-refractivity contribution in [1.29, 1.82) is 0 Å². The van der Waals surface area contributed by atoms with Gasteiger partial charge in [-0.15, -0.1) is 6.58 Å². The zero-order chi connectivity index (χ0) is 16.7. The first-order valence-corrected chi connectivity index (χ1v) is 8.92. The number of nitrogens with zero attached hydrogens (tertiary/aromatic N) is 2. The number of ether oxygens (including phenoxy) is 1. The third kappa shape index (κ3) is 2.51. The molecule has 4 unspecified atom stereocenters. The van der Waals surface area contributed by atoms with Gasteiger partial charge < -0.3 is 4.74 Å². The Hall–Kier alpha value is -1.87. The highest BCUT2D eigenvalue weighted by Crippen LogP contribution is 2.46. The number of benzene rings is 1. The van der Waals surface area contributed by atoms with Gasteiger partial charge in [-0.1, -0.05) is 13.0 Å². The van der Waals surface area contributed by atoms with Crippen molar-refractivity contribution in [3.63, 3.8) is 0 Å². The van der Waals surface area contributed by atoms with Crippen LogP contribution in [0.3, 0.4) is 0 Å². The molecule has 3 saturated heterocycles. The SMILES string of the molecule is C=CC1(C)CN2CCC1CC2Cc1ccnc2ccc(OC)cc12. The molecule has 0 radical (unpaired) electrons. The van der Waals surface area contributed by atoms with Crippen molar-refractivity contribution >= 4 is 10.9 Å². The van der Waals surface area contributed by atoms with E-state index in [2.05, 4.69) is 47.7 Å². The Labute approximate surface area is 144 Å². The van der Waals surface area contributed by atoms with Gasteiger partial charge in [-0.3, -0.25) is 9.88 Å². The summed E-state index contributed by atoms with van der Waals surface area (Å²) in [6.45, 7) is 8.85. The van der Waals surface area contributed by atoms with Crippen LogP contribution in [0.15, 0.2) is 43.1 Å². The molecule has 4 atom stereocenters. The third-order valence-corrected chi connectivity index (χ3v) is 6.28. The summed E-state index contributed by atoms with van der Waals surface area (Å²) in [5, 5.41) is 1.23. The second-order valence-electron chi connectivity index (χ2n) is 7.61. The van der Waals surface area contributed by atoms with E-state index in [0.717, 1.165) is 30.1 Å². The van der Waals surface area contributed by atoms with Crippen LogP contribution in [0.1, 0.15) is 25.3 Å². The molecule has 1 aromatic heterocycles. The van der Waals surface area contributed by atoms with E-state index in [1.54, 1.807) is 7.11 Å². The lowest BCUT2D eigenvalue weighted by molar-refractivity contribution is -0.0288. The monoisotopic (exact) mass is 322 g/mol. The Morgan fingerprint density at radius 2 is 2.29 bits per heavy atom. The summed E-state index contributed by atoms with van der Waals surface area (Å²) in [4.78, 5) is 7.19. The van der Waals surface area contributed by atoms with Gasteiger partial charge in [0.25, 0.3) is 0 Å². The second-order valence-corrected chi connectivity index (χ2v) is 7.61. The standard InChI is InChI=1S/C21H26N2O/c1-4-21(2)14-23-10-8-16(21)12-17(23)11-15-7-9-22-20-6-5-18(24-3)13-19(15)20/h4-7,9,13,16-17H,1,8,10-12,14H2,2-3H3. The van der Waals surface area contributed by atoms with Crippen molar-refractivity contribution in [2.24, 2.45) is 11.3 Å². The molecule has 24 heavy (non-hydrogen) atoms. The fourth-order valence-corrected chi connectivity index (χ4v) is 4.66.